The Kier molecular flexibility index (Phi) is 6.72. The van der Waals surface area contributed by atoms with Crippen LogP contribution in [0.15, 0.2) is 47.6 Å². The van der Waals surface area contributed by atoms with E-state index in [9.17, 15) is 0 Å². The third-order valence-corrected chi connectivity index (χ3v) is 4.63. The highest BCUT2D eigenvalue weighted by atomic mass is 35.5. The van der Waals surface area contributed by atoms with Crippen LogP contribution in [0.2, 0.25) is 5.02 Å². The van der Waals surface area contributed by atoms with E-state index >= 15 is 0 Å². The van der Waals surface area contributed by atoms with E-state index in [0.717, 1.165) is 47.6 Å². The molecule has 2 N–H and O–H groups in total. The van der Waals surface area contributed by atoms with Gasteiger partial charge in [0.25, 0.3) is 0 Å². The lowest BCUT2D eigenvalue weighted by molar-refractivity contribution is 0.815. The minimum Gasteiger partial charge on any atom is -0.357 e. The summed E-state index contributed by atoms with van der Waals surface area (Å²) >= 11 is 5.93. The fourth-order valence-corrected chi connectivity index (χ4v) is 3.07. The number of pyridine rings is 1. The first-order valence-electron chi connectivity index (χ1n) is 9.21. The number of guanidine groups is 1. The van der Waals surface area contributed by atoms with Crippen molar-refractivity contribution in [3.63, 3.8) is 0 Å². The summed E-state index contributed by atoms with van der Waals surface area (Å²) in [7, 11) is 0. The van der Waals surface area contributed by atoms with Gasteiger partial charge in [-0.3, -0.25) is 0 Å². The van der Waals surface area contributed by atoms with Gasteiger partial charge in [0.2, 0.25) is 0 Å². The second-order valence-corrected chi connectivity index (χ2v) is 6.83. The molecule has 0 unspecified atom stereocenters. The smallest absolute Gasteiger partial charge is 0.191 e. The number of nitrogens with one attached hydrogen (secondary N) is 2. The molecule has 0 amide bonds. The van der Waals surface area contributed by atoms with Crippen molar-refractivity contribution in [3.05, 3.63) is 58.7 Å². The standard InChI is InChI=1S/C20H26ClN5/c1-2-22-20(24-13-16-5-8-18(21)9-6-16)25-15-17-7-10-19(23-14-17)26-11-3-4-12-26/h5-10,14H,2-4,11-13,15H2,1H3,(H2,22,24,25). The Hall–Kier alpha value is -2.27. The first-order chi connectivity index (χ1) is 12.7. The lowest BCUT2D eigenvalue weighted by Crippen LogP contribution is -2.36. The molecule has 6 heteroatoms. The van der Waals surface area contributed by atoms with Gasteiger partial charge in [0.05, 0.1) is 6.54 Å². The van der Waals surface area contributed by atoms with Gasteiger partial charge in [0.1, 0.15) is 5.82 Å². The second kappa shape index (κ2) is 9.43. The number of hydrogen-bond donors (Lipinski definition) is 2. The van der Waals surface area contributed by atoms with Crippen molar-refractivity contribution >= 4 is 23.4 Å². The molecule has 2 heterocycles. The van der Waals surface area contributed by atoms with Crippen molar-refractivity contribution in [1.29, 1.82) is 0 Å². The summed E-state index contributed by atoms with van der Waals surface area (Å²) < 4.78 is 0. The van der Waals surface area contributed by atoms with E-state index in [1.54, 1.807) is 0 Å². The first kappa shape index (κ1) is 18.5. The average Bonchev–Trinajstić information content (AvgIpc) is 3.20. The molecule has 1 fully saturated rings. The highest BCUT2D eigenvalue weighted by molar-refractivity contribution is 6.30. The normalized spacial score (nSPS) is 14.5. The Labute approximate surface area is 160 Å². The molecular weight excluding hydrogens is 346 g/mol. The third kappa shape index (κ3) is 5.36. The van der Waals surface area contributed by atoms with Crippen LogP contribution in [0.4, 0.5) is 5.82 Å². The number of benzene rings is 1. The number of aliphatic imine (C=N–C) groups is 1. The topological polar surface area (TPSA) is 52.6 Å². The molecule has 0 spiro atoms. The molecule has 1 aromatic heterocycles. The van der Waals surface area contributed by atoms with E-state index in [1.165, 1.54) is 12.8 Å². The van der Waals surface area contributed by atoms with Crippen molar-refractivity contribution in [2.75, 3.05) is 24.5 Å². The monoisotopic (exact) mass is 371 g/mol. The van der Waals surface area contributed by atoms with E-state index < -0.39 is 0 Å². The number of anilines is 1. The molecule has 0 radical (unpaired) electrons. The van der Waals surface area contributed by atoms with Crippen molar-refractivity contribution in [1.82, 2.24) is 15.6 Å². The van der Waals surface area contributed by atoms with Gasteiger partial charge in [-0.15, -0.1) is 0 Å². The Bertz CT molecular complexity index is 706. The molecule has 1 aliphatic heterocycles. The number of aromatic nitrogens is 1. The average molecular weight is 372 g/mol. The van der Waals surface area contributed by atoms with Crippen molar-refractivity contribution in [3.8, 4) is 0 Å². The summed E-state index contributed by atoms with van der Waals surface area (Å²) in [5.41, 5.74) is 2.27. The van der Waals surface area contributed by atoms with Gasteiger partial charge in [0.15, 0.2) is 5.96 Å². The van der Waals surface area contributed by atoms with Crippen LogP contribution in [0.1, 0.15) is 30.9 Å². The maximum atomic E-state index is 5.93. The molecule has 3 rings (SSSR count). The summed E-state index contributed by atoms with van der Waals surface area (Å²) in [6.45, 7) is 6.41. The summed E-state index contributed by atoms with van der Waals surface area (Å²) in [4.78, 5) is 11.6. The highest BCUT2D eigenvalue weighted by Crippen LogP contribution is 2.17. The van der Waals surface area contributed by atoms with Gasteiger partial charge in [-0.25, -0.2) is 9.98 Å². The summed E-state index contributed by atoms with van der Waals surface area (Å²) in [5.74, 6) is 1.87. The fourth-order valence-electron chi connectivity index (χ4n) is 2.94. The summed E-state index contributed by atoms with van der Waals surface area (Å²) in [5, 5.41) is 7.37. The van der Waals surface area contributed by atoms with E-state index in [1.807, 2.05) is 30.5 Å². The van der Waals surface area contributed by atoms with Crippen molar-refractivity contribution < 1.29 is 0 Å². The molecule has 1 aliphatic rings. The maximum Gasteiger partial charge on any atom is 0.191 e. The number of rotatable bonds is 6. The van der Waals surface area contributed by atoms with Crippen LogP contribution in [-0.4, -0.2) is 30.6 Å². The van der Waals surface area contributed by atoms with Gasteiger partial charge in [-0.2, -0.15) is 0 Å². The zero-order valence-corrected chi connectivity index (χ0v) is 16.0. The van der Waals surface area contributed by atoms with E-state index in [4.69, 9.17) is 11.6 Å². The van der Waals surface area contributed by atoms with Crippen LogP contribution in [0.5, 0.6) is 0 Å². The number of halogens is 1. The van der Waals surface area contributed by atoms with Gasteiger partial charge in [-0.1, -0.05) is 29.8 Å². The van der Waals surface area contributed by atoms with Crippen LogP contribution < -0.4 is 15.5 Å². The second-order valence-electron chi connectivity index (χ2n) is 6.39. The highest BCUT2D eigenvalue weighted by Gasteiger charge is 2.12. The molecule has 1 aromatic carbocycles. The van der Waals surface area contributed by atoms with E-state index in [0.29, 0.717) is 13.1 Å². The van der Waals surface area contributed by atoms with Crippen LogP contribution in [-0.2, 0) is 13.1 Å². The molecule has 0 bridgehead atoms. The summed E-state index contributed by atoms with van der Waals surface area (Å²) in [6.07, 6.45) is 4.46. The van der Waals surface area contributed by atoms with Crippen LogP contribution in [0.25, 0.3) is 0 Å². The molecular formula is C20H26ClN5. The van der Waals surface area contributed by atoms with E-state index in [2.05, 4.69) is 44.6 Å². The van der Waals surface area contributed by atoms with Crippen LogP contribution in [0, 0.1) is 0 Å². The Balaban J connectivity index is 1.56. The molecule has 138 valence electrons. The van der Waals surface area contributed by atoms with Gasteiger partial charge < -0.3 is 15.5 Å². The van der Waals surface area contributed by atoms with Crippen LogP contribution >= 0.6 is 11.6 Å². The fraction of sp³-hybridized carbons (Fsp3) is 0.400. The molecule has 5 nitrogen and oxygen atoms in total. The quantitative estimate of drug-likeness (QED) is 0.602. The van der Waals surface area contributed by atoms with Crippen molar-refractivity contribution in [2.24, 2.45) is 4.99 Å². The number of nitrogens with zero attached hydrogens (tertiary/aromatic N) is 3. The maximum absolute atomic E-state index is 5.93. The Morgan fingerprint density at radius 1 is 1.08 bits per heavy atom. The lowest BCUT2D eigenvalue weighted by Gasteiger charge is -2.16. The van der Waals surface area contributed by atoms with Crippen LogP contribution in [0.3, 0.4) is 0 Å². The molecule has 0 saturated carbocycles. The molecule has 1 saturated heterocycles. The lowest BCUT2D eigenvalue weighted by atomic mass is 10.2. The molecule has 0 atom stereocenters. The van der Waals surface area contributed by atoms with Gasteiger partial charge in [-0.05, 0) is 49.1 Å². The SMILES string of the molecule is CCNC(=NCc1ccc(N2CCCC2)nc1)NCc1ccc(Cl)cc1. The minimum absolute atomic E-state index is 0.600. The predicted molar refractivity (Wildman–Crippen MR) is 109 cm³/mol. The first-order valence-corrected chi connectivity index (χ1v) is 9.59. The minimum atomic E-state index is 0.600. The largest absolute Gasteiger partial charge is 0.357 e. The molecule has 2 aromatic rings. The van der Waals surface area contributed by atoms with Gasteiger partial charge in [0, 0.05) is 37.4 Å². The zero-order chi connectivity index (χ0) is 18.2. The Morgan fingerprint density at radius 3 is 2.46 bits per heavy atom. The van der Waals surface area contributed by atoms with Gasteiger partial charge >= 0.3 is 0 Å². The van der Waals surface area contributed by atoms with Crippen molar-refractivity contribution in [2.45, 2.75) is 32.9 Å². The number of hydrogen-bond acceptors (Lipinski definition) is 3. The van der Waals surface area contributed by atoms with E-state index in [-0.39, 0.29) is 0 Å². The Morgan fingerprint density at radius 2 is 1.81 bits per heavy atom. The summed E-state index contributed by atoms with van der Waals surface area (Å²) in [6, 6.07) is 12.0. The molecule has 26 heavy (non-hydrogen) atoms. The molecule has 0 aliphatic carbocycles. The third-order valence-electron chi connectivity index (χ3n) is 4.38. The zero-order valence-electron chi connectivity index (χ0n) is 15.2. The predicted octanol–water partition coefficient (Wildman–Crippen LogP) is 3.59.